The molecule has 1 aliphatic rings. The standard InChI is InChI=1S/C14H20N2O5S2/c1-9(17)13-4-10(7-22-13)14(19)16-5-11(12(18)6-16)8-23(20,21)15(2)3/h4,7,11-12,18H,5-6,8H2,1-3H3/t11-,12-/m0/s1. The van der Waals surface area contributed by atoms with Crippen molar-refractivity contribution < 1.29 is 23.1 Å². The Kier molecular flexibility index (Phi) is 5.24. The van der Waals surface area contributed by atoms with Gasteiger partial charge in [0.1, 0.15) is 0 Å². The number of likely N-dealkylation sites (tertiary alicyclic amines) is 1. The zero-order valence-corrected chi connectivity index (χ0v) is 14.9. The fraction of sp³-hybridized carbons (Fsp3) is 0.571. The topological polar surface area (TPSA) is 95.0 Å². The lowest BCUT2D eigenvalue weighted by molar-refractivity contribution is 0.0765. The number of carbonyl (C=O) groups is 2. The monoisotopic (exact) mass is 360 g/mol. The van der Waals surface area contributed by atoms with Crippen LogP contribution in [0.4, 0.5) is 0 Å². The number of sulfonamides is 1. The van der Waals surface area contributed by atoms with Gasteiger partial charge in [-0.2, -0.15) is 0 Å². The number of aliphatic hydroxyl groups is 1. The predicted octanol–water partition coefficient (Wildman–Crippen LogP) is 0.275. The van der Waals surface area contributed by atoms with Crippen LogP contribution in [-0.4, -0.2) is 73.5 Å². The van der Waals surface area contributed by atoms with Crippen LogP contribution in [0, 0.1) is 5.92 Å². The van der Waals surface area contributed by atoms with Gasteiger partial charge in [-0.25, -0.2) is 12.7 Å². The first kappa shape index (κ1) is 18.1. The maximum absolute atomic E-state index is 12.4. The molecule has 2 heterocycles. The number of thiophene rings is 1. The summed E-state index contributed by atoms with van der Waals surface area (Å²) in [4.78, 5) is 25.7. The third-order valence-corrected chi connectivity index (χ3v) is 6.86. The highest BCUT2D eigenvalue weighted by atomic mass is 32.2. The van der Waals surface area contributed by atoms with Gasteiger partial charge in [0.15, 0.2) is 5.78 Å². The molecular weight excluding hydrogens is 340 g/mol. The van der Waals surface area contributed by atoms with E-state index in [2.05, 4.69) is 0 Å². The van der Waals surface area contributed by atoms with Crippen LogP contribution in [0.15, 0.2) is 11.4 Å². The number of carbonyl (C=O) groups excluding carboxylic acids is 2. The van der Waals surface area contributed by atoms with Gasteiger partial charge in [0.05, 0.1) is 22.3 Å². The Morgan fingerprint density at radius 1 is 1.39 bits per heavy atom. The van der Waals surface area contributed by atoms with E-state index in [-0.39, 0.29) is 30.5 Å². The number of rotatable bonds is 5. The van der Waals surface area contributed by atoms with E-state index >= 15 is 0 Å². The molecule has 0 radical (unpaired) electrons. The number of aliphatic hydroxyl groups excluding tert-OH is 1. The molecule has 9 heteroatoms. The summed E-state index contributed by atoms with van der Waals surface area (Å²) in [6.07, 6.45) is -0.875. The summed E-state index contributed by atoms with van der Waals surface area (Å²) in [6.45, 7) is 1.71. The minimum atomic E-state index is -3.44. The van der Waals surface area contributed by atoms with Crippen LogP contribution in [0.1, 0.15) is 27.0 Å². The molecule has 1 saturated heterocycles. The van der Waals surface area contributed by atoms with Gasteiger partial charge in [-0.1, -0.05) is 0 Å². The molecule has 0 aromatic carbocycles. The molecule has 23 heavy (non-hydrogen) atoms. The van der Waals surface area contributed by atoms with Crippen LogP contribution in [0.25, 0.3) is 0 Å². The lowest BCUT2D eigenvalue weighted by Crippen LogP contribution is -2.33. The zero-order chi connectivity index (χ0) is 17.4. The Labute approximate surface area is 139 Å². The Morgan fingerprint density at radius 3 is 2.57 bits per heavy atom. The van der Waals surface area contributed by atoms with Crippen molar-refractivity contribution in [3.8, 4) is 0 Å². The Balaban J connectivity index is 2.08. The molecule has 1 fully saturated rings. The second-order valence-corrected chi connectivity index (χ2v) is 8.99. The van der Waals surface area contributed by atoms with Gasteiger partial charge in [-0.15, -0.1) is 11.3 Å². The van der Waals surface area contributed by atoms with Crippen LogP contribution in [0.5, 0.6) is 0 Å². The van der Waals surface area contributed by atoms with Crippen molar-refractivity contribution in [2.45, 2.75) is 13.0 Å². The zero-order valence-electron chi connectivity index (χ0n) is 13.2. The number of nitrogens with zero attached hydrogens (tertiary/aromatic N) is 2. The van der Waals surface area contributed by atoms with Crippen molar-refractivity contribution >= 4 is 33.1 Å². The summed E-state index contributed by atoms with van der Waals surface area (Å²) >= 11 is 1.20. The third-order valence-electron chi connectivity index (χ3n) is 3.87. The molecule has 128 valence electrons. The summed E-state index contributed by atoms with van der Waals surface area (Å²) in [5, 5.41) is 11.7. The fourth-order valence-electron chi connectivity index (χ4n) is 2.42. The fourth-order valence-corrected chi connectivity index (χ4v) is 4.37. The number of amides is 1. The molecular formula is C14H20N2O5S2. The quantitative estimate of drug-likeness (QED) is 0.761. The van der Waals surface area contributed by atoms with Gasteiger partial charge in [0.25, 0.3) is 5.91 Å². The van der Waals surface area contributed by atoms with Crippen LogP contribution in [0.2, 0.25) is 0 Å². The molecule has 2 atom stereocenters. The molecule has 0 spiro atoms. The number of Topliss-reactive ketones (excluding diaryl/α,β-unsaturated/α-hetero) is 1. The number of β-amino-alcohol motifs (C(OH)–C–C–N with tert-alkyl or cyclic N) is 1. The van der Waals surface area contributed by atoms with Gasteiger partial charge in [0.2, 0.25) is 10.0 Å². The van der Waals surface area contributed by atoms with Crippen molar-refractivity contribution in [1.29, 1.82) is 0 Å². The molecule has 0 bridgehead atoms. The first-order valence-corrected chi connectivity index (χ1v) is 9.57. The van der Waals surface area contributed by atoms with Gasteiger partial charge < -0.3 is 10.0 Å². The highest BCUT2D eigenvalue weighted by molar-refractivity contribution is 7.89. The van der Waals surface area contributed by atoms with Crippen LogP contribution in [-0.2, 0) is 10.0 Å². The van der Waals surface area contributed by atoms with Gasteiger partial charge in [-0.3, -0.25) is 9.59 Å². The first-order valence-electron chi connectivity index (χ1n) is 7.09. The van der Waals surface area contributed by atoms with E-state index in [1.807, 2.05) is 0 Å². The normalized spacial score (nSPS) is 21.9. The predicted molar refractivity (Wildman–Crippen MR) is 87.2 cm³/mol. The van der Waals surface area contributed by atoms with Crippen LogP contribution < -0.4 is 0 Å². The average molecular weight is 360 g/mol. The lowest BCUT2D eigenvalue weighted by Gasteiger charge is -2.17. The molecule has 7 nitrogen and oxygen atoms in total. The minimum absolute atomic E-state index is 0.0949. The van der Waals surface area contributed by atoms with E-state index in [1.165, 1.54) is 43.3 Å². The molecule has 1 aromatic heterocycles. The van der Waals surface area contributed by atoms with E-state index < -0.39 is 22.0 Å². The molecule has 0 saturated carbocycles. The van der Waals surface area contributed by atoms with E-state index in [0.29, 0.717) is 10.4 Å². The highest BCUT2D eigenvalue weighted by Gasteiger charge is 2.37. The van der Waals surface area contributed by atoms with Crippen molar-refractivity contribution in [3.63, 3.8) is 0 Å². The lowest BCUT2D eigenvalue weighted by atomic mass is 10.1. The number of hydrogen-bond acceptors (Lipinski definition) is 6. The summed E-state index contributed by atoms with van der Waals surface area (Å²) in [6, 6.07) is 1.53. The van der Waals surface area contributed by atoms with Crippen molar-refractivity contribution in [2.24, 2.45) is 5.92 Å². The van der Waals surface area contributed by atoms with Crippen LogP contribution in [0.3, 0.4) is 0 Å². The molecule has 1 N–H and O–H groups in total. The molecule has 0 aliphatic carbocycles. The smallest absolute Gasteiger partial charge is 0.254 e. The Hall–Kier alpha value is -1.29. The number of hydrogen-bond donors (Lipinski definition) is 1. The van der Waals surface area contributed by atoms with E-state index in [1.54, 1.807) is 5.38 Å². The summed E-state index contributed by atoms with van der Waals surface area (Å²) < 4.78 is 25.0. The van der Waals surface area contributed by atoms with Gasteiger partial charge in [0, 0.05) is 38.5 Å². The number of ketones is 1. The second kappa shape index (κ2) is 6.68. The second-order valence-electron chi connectivity index (χ2n) is 5.85. The summed E-state index contributed by atoms with van der Waals surface area (Å²) in [5.74, 6) is -1.12. The SMILES string of the molecule is CC(=O)c1cc(C(=O)N2C[C@@H](CS(=O)(=O)N(C)C)[C@@H](O)C2)cs1. The largest absolute Gasteiger partial charge is 0.391 e. The van der Waals surface area contributed by atoms with E-state index in [9.17, 15) is 23.1 Å². The van der Waals surface area contributed by atoms with E-state index in [4.69, 9.17) is 0 Å². The average Bonchev–Trinajstić information content (AvgIpc) is 3.05. The maximum atomic E-state index is 12.4. The van der Waals surface area contributed by atoms with Gasteiger partial charge in [-0.05, 0) is 13.0 Å². The van der Waals surface area contributed by atoms with E-state index in [0.717, 1.165) is 4.31 Å². The Morgan fingerprint density at radius 2 is 2.04 bits per heavy atom. The molecule has 1 aromatic rings. The maximum Gasteiger partial charge on any atom is 0.254 e. The van der Waals surface area contributed by atoms with Crippen molar-refractivity contribution in [1.82, 2.24) is 9.21 Å². The van der Waals surface area contributed by atoms with Gasteiger partial charge >= 0.3 is 0 Å². The summed E-state index contributed by atoms with van der Waals surface area (Å²) in [7, 11) is -0.565. The summed E-state index contributed by atoms with van der Waals surface area (Å²) in [5.41, 5.74) is 0.392. The highest BCUT2D eigenvalue weighted by Crippen LogP contribution is 2.24. The molecule has 2 rings (SSSR count). The molecule has 0 unspecified atom stereocenters. The Bertz CT molecular complexity index is 711. The molecule has 1 aliphatic heterocycles. The molecule has 1 amide bonds. The third kappa shape index (κ3) is 3.97. The van der Waals surface area contributed by atoms with Crippen molar-refractivity contribution in [2.75, 3.05) is 32.9 Å². The minimum Gasteiger partial charge on any atom is -0.391 e. The van der Waals surface area contributed by atoms with Crippen LogP contribution >= 0.6 is 11.3 Å². The first-order chi connectivity index (χ1) is 10.6. The van der Waals surface area contributed by atoms with Crippen molar-refractivity contribution in [3.05, 3.63) is 21.9 Å².